The van der Waals surface area contributed by atoms with Crippen molar-refractivity contribution in [2.45, 2.75) is 49.9 Å². The fourth-order valence-electron chi connectivity index (χ4n) is 3.58. The first kappa shape index (κ1) is 11.0. The van der Waals surface area contributed by atoms with Crippen molar-refractivity contribution in [3.05, 3.63) is 0 Å². The van der Waals surface area contributed by atoms with E-state index in [1.165, 1.54) is 4.31 Å². The Labute approximate surface area is 97.0 Å². The van der Waals surface area contributed by atoms with Gasteiger partial charge >= 0.3 is 0 Å². The maximum absolute atomic E-state index is 12.3. The Kier molecular flexibility index (Phi) is 2.34. The minimum absolute atomic E-state index is 0.233. The second kappa shape index (κ2) is 3.41. The standard InChI is InChI=1S/C10H19N3O2S/c1-12(2)16(14,15)13-9-3-7-4-10(13)6-8(5-9)11-7/h7-11H,3-6H2,1-2H3. The van der Waals surface area contributed by atoms with Crippen molar-refractivity contribution >= 4 is 10.2 Å². The topological polar surface area (TPSA) is 52.7 Å². The third-order valence-electron chi connectivity index (χ3n) is 4.15. The molecule has 0 radical (unpaired) electrons. The van der Waals surface area contributed by atoms with E-state index in [1.807, 2.05) is 0 Å². The maximum atomic E-state index is 12.3. The van der Waals surface area contributed by atoms with E-state index < -0.39 is 10.2 Å². The number of hydrogen-bond donors (Lipinski definition) is 1. The van der Waals surface area contributed by atoms with Crippen LogP contribution in [0.1, 0.15) is 25.7 Å². The smallest absolute Gasteiger partial charge is 0.281 e. The number of rotatable bonds is 2. The molecule has 0 unspecified atom stereocenters. The Hall–Kier alpha value is -0.170. The summed E-state index contributed by atoms with van der Waals surface area (Å²) in [5.41, 5.74) is 0. The molecule has 1 N–H and O–H groups in total. The van der Waals surface area contributed by atoms with Crippen LogP contribution < -0.4 is 5.32 Å². The lowest BCUT2D eigenvalue weighted by Crippen LogP contribution is -2.69. The Morgan fingerprint density at radius 2 is 1.50 bits per heavy atom. The van der Waals surface area contributed by atoms with Crippen LogP contribution in [-0.4, -0.2) is 55.3 Å². The van der Waals surface area contributed by atoms with Crippen molar-refractivity contribution < 1.29 is 8.42 Å². The number of hydrogen-bond acceptors (Lipinski definition) is 3. The predicted octanol–water partition coefficient (Wildman–Crippen LogP) is -0.240. The van der Waals surface area contributed by atoms with Crippen LogP contribution in [0.4, 0.5) is 0 Å². The van der Waals surface area contributed by atoms with E-state index in [9.17, 15) is 8.42 Å². The summed E-state index contributed by atoms with van der Waals surface area (Å²) in [6.45, 7) is 0. The average Bonchev–Trinajstić information content (AvgIpc) is 2.14. The minimum atomic E-state index is -3.22. The van der Waals surface area contributed by atoms with Gasteiger partial charge in [-0.25, -0.2) is 0 Å². The summed E-state index contributed by atoms with van der Waals surface area (Å²) in [5.74, 6) is 0. The highest BCUT2D eigenvalue weighted by atomic mass is 32.2. The highest BCUT2D eigenvalue weighted by Crippen LogP contribution is 2.40. The second-order valence-electron chi connectivity index (χ2n) is 5.43. The molecule has 16 heavy (non-hydrogen) atoms. The van der Waals surface area contributed by atoms with Gasteiger partial charge < -0.3 is 5.32 Å². The van der Waals surface area contributed by atoms with Crippen LogP contribution in [0.3, 0.4) is 0 Å². The Bertz CT molecular complexity index is 365. The number of piperidine rings is 4. The number of nitrogens with one attached hydrogen (secondary N) is 1. The SMILES string of the molecule is CN(C)S(=O)(=O)N1C2CC3CC1CC(C2)N3. The quantitative estimate of drug-likeness (QED) is 0.730. The first-order valence-electron chi connectivity index (χ1n) is 5.95. The van der Waals surface area contributed by atoms with Gasteiger partial charge in [-0.1, -0.05) is 0 Å². The van der Waals surface area contributed by atoms with Gasteiger partial charge in [-0.3, -0.25) is 0 Å². The van der Waals surface area contributed by atoms with E-state index in [0.29, 0.717) is 12.1 Å². The van der Waals surface area contributed by atoms with E-state index in [1.54, 1.807) is 18.4 Å². The molecule has 4 aliphatic rings. The van der Waals surface area contributed by atoms with Gasteiger partial charge in [0.2, 0.25) is 0 Å². The van der Waals surface area contributed by atoms with Gasteiger partial charge in [0.15, 0.2) is 0 Å². The average molecular weight is 245 g/mol. The van der Waals surface area contributed by atoms with Crippen LogP contribution in [0.2, 0.25) is 0 Å². The molecule has 0 aromatic carbocycles. The molecule has 4 bridgehead atoms. The van der Waals surface area contributed by atoms with Crippen LogP contribution in [0, 0.1) is 0 Å². The van der Waals surface area contributed by atoms with Crippen molar-refractivity contribution in [3.8, 4) is 0 Å². The van der Waals surface area contributed by atoms with Gasteiger partial charge in [-0.2, -0.15) is 17.0 Å². The summed E-state index contributed by atoms with van der Waals surface area (Å²) >= 11 is 0. The Morgan fingerprint density at radius 3 is 1.88 bits per heavy atom. The van der Waals surface area contributed by atoms with Gasteiger partial charge in [0.05, 0.1) is 0 Å². The third kappa shape index (κ3) is 1.44. The molecule has 0 atom stereocenters. The highest BCUT2D eigenvalue weighted by molar-refractivity contribution is 7.86. The van der Waals surface area contributed by atoms with Crippen LogP contribution in [-0.2, 0) is 10.2 Å². The monoisotopic (exact) mass is 245 g/mol. The molecular formula is C10H19N3O2S. The fourth-order valence-corrected chi connectivity index (χ4v) is 5.06. The summed E-state index contributed by atoms with van der Waals surface area (Å²) < 4.78 is 27.6. The van der Waals surface area contributed by atoms with Crippen molar-refractivity contribution in [3.63, 3.8) is 0 Å². The van der Waals surface area contributed by atoms with Gasteiger partial charge in [0, 0.05) is 38.3 Å². The maximum Gasteiger partial charge on any atom is 0.281 e. The molecule has 4 saturated heterocycles. The van der Waals surface area contributed by atoms with Crippen molar-refractivity contribution in [2.24, 2.45) is 0 Å². The summed E-state index contributed by atoms with van der Waals surface area (Å²) in [5, 5.41) is 3.58. The number of nitrogens with zero attached hydrogens (tertiary/aromatic N) is 2. The minimum Gasteiger partial charge on any atom is -0.311 e. The van der Waals surface area contributed by atoms with E-state index >= 15 is 0 Å². The van der Waals surface area contributed by atoms with Gasteiger partial charge in [-0.05, 0) is 25.7 Å². The van der Waals surface area contributed by atoms with Crippen molar-refractivity contribution in [1.82, 2.24) is 13.9 Å². The summed E-state index contributed by atoms with van der Waals surface area (Å²) in [4.78, 5) is 0. The van der Waals surface area contributed by atoms with Crippen LogP contribution in [0.25, 0.3) is 0 Å². The molecule has 0 aromatic rings. The van der Waals surface area contributed by atoms with Crippen LogP contribution in [0.5, 0.6) is 0 Å². The molecule has 4 aliphatic heterocycles. The molecule has 6 heteroatoms. The zero-order valence-electron chi connectivity index (χ0n) is 9.76. The molecule has 92 valence electrons. The molecule has 0 aromatic heterocycles. The Morgan fingerprint density at radius 1 is 1.06 bits per heavy atom. The van der Waals surface area contributed by atoms with Crippen molar-refractivity contribution in [2.75, 3.05) is 14.1 Å². The zero-order valence-corrected chi connectivity index (χ0v) is 10.6. The fraction of sp³-hybridized carbons (Fsp3) is 1.00. The largest absolute Gasteiger partial charge is 0.311 e. The lowest BCUT2D eigenvalue weighted by atomic mass is 9.76. The predicted molar refractivity (Wildman–Crippen MR) is 61.2 cm³/mol. The molecule has 0 aliphatic carbocycles. The summed E-state index contributed by atoms with van der Waals surface area (Å²) in [6, 6.07) is 1.57. The first-order chi connectivity index (χ1) is 7.48. The van der Waals surface area contributed by atoms with Gasteiger partial charge in [-0.15, -0.1) is 0 Å². The Balaban J connectivity index is 1.93. The normalized spacial score (nSPS) is 43.2. The summed E-state index contributed by atoms with van der Waals surface area (Å²) in [7, 11) is 0.0242. The molecule has 4 fully saturated rings. The molecule has 0 saturated carbocycles. The molecule has 0 amide bonds. The van der Waals surface area contributed by atoms with E-state index in [-0.39, 0.29) is 12.1 Å². The first-order valence-corrected chi connectivity index (χ1v) is 7.35. The molecular weight excluding hydrogens is 226 g/mol. The van der Waals surface area contributed by atoms with E-state index in [2.05, 4.69) is 5.32 Å². The van der Waals surface area contributed by atoms with Crippen molar-refractivity contribution in [1.29, 1.82) is 0 Å². The molecule has 0 spiro atoms. The van der Waals surface area contributed by atoms with E-state index in [0.717, 1.165) is 25.7 Å². The second-order valence-corrected chi connectivity index (χ2v) is 7.48. The van der Waals surface area contributed by atoms with Crippen LogP contribution >= 0.6 is 0 Å². The van der Waals surface area contributed by atoms with Gasteiger partial charge in [0.1, 0.15) is 0 Å². The summed E-state index contributed by atoms with van der Waals surface area (Å²) in [6.07, 6.45) is 3.94. The lowest BCUT2D eigenvalue weighted by molar-refractivity contribution is 0.0240. The third-order valence-corrected chi connectivity index (χ3v) is 6.20. The molecule has 5 nitrogen and oxygen atoms in total. The zero-order chi connectivity index (χ0) is 11.5. The molecule has 4 heterocycles. The van der Waals surface area contributed by atoms with Crippen LogP contribution in [0.15, 0.2) is 0 Å². The lowest BCUT2D eigenvalue weighted by Gasteiger charge is -2.56. The molecule has 4 rings (SSSR count). The van der Waals surface area contributed by atoms with E-state index in [4.69, 9.17) is 0 Å². The highest BCUT2D eigenvalue weighted by Gasteiger charge is 2.51. The van der Waals surface area contributed by atoms with Gasteiger partial charge in [0.25, 0.3) is 10.2 Å².